The number of anilines is 2. The maximum absolute atomic E-state index is 12.2. The predicted octanol–water partition coefficient (Wildman–Crippen LogP) is 5.38. The summed E-state index contributed by atoms with van der Waals surface area (Å²) in [6.45, 7) is 9.37. The third-order valence-electron chi connectivity index (χ3n) is 4.38. The smallest absolute Gasteiger partial charge is 0.226 e. The van der Waals surface area contributed by atoms with Crippen LogP contribution < -0.4 is 15.4 Å². The van der Waals surface area contributed by atoms with Gasteiger partial charge >= 0.3 is 0 Å². The minimum absolute atomic E-state index is 0.0149. The number of carbonyl (C=O) groups excluding carboxylic acids is 1. The molecule has 4 nitrogen and oxygen atoms in total. The molecule has 0 fully saturated rings. The molecular formula is C22H30N2O2. The van der Waals surface area contributed by atoms with Crippen LogP contribution in [0.1, 0.15) is 57.1 Å². The minimum atomic E-state index is -0.0149. The summed E-state index contributed by atoms with van der Waals surface area (Å²) in [4.78, 5) is 12.2. The van der Waals surface area contributed by atoms with Crippen molar-refractivity contribution in [1.82, 2.24) is 0 Å². The Balaban J connectivity index is 1.99. The largest absolute Gasteiger partial charge is 0.497 e. The normalized spacial score (nSPS) is 10.9. The number of amides is 1. The average Bonchev–Trinajstić information content (AvgIpc) is 2.61. The highest BCUT2D eigenvalue weighted by molar-refractivity contribution is 5.91. The van der Waals surface area contributed by atoms with E-state index in [1.165, 1.54) is 16.8 Å². The maximum Gasteiger partial charge on any atom is 0.226 e. The van der Waals surface area contributed by atoms with Crippen LogP contribution in [0.2, 0.25) is 0 Å². The number of carbonyl (C=O) groups is 1. The molecule has 2 aromatic rings. The molecule has 0 atom stereocenters. The van der Waals surface area contributed by atoms with Crippen molar-refractivity contribution in [3.05, 3.63) is 53.6 Å². The van der Waals surface area contributed by atoms with Crippen molar-refractivity contribution < 1.29 is 9.53 Å². The molecule has 0 unspecified atom stereocenters. The van der Waals surface area contributed by atoms with Gasteiger partial charge in [0.1, 0.15) is 5.75 Å². The van der Waals surface area contributed by atoms with Gasteiger partial charge in [0.05, 0.1) is 7.11 Å². The maximum atomic E-state index is 12.2. The first-order valence-electron chi connectivity index (χ1n) is 9.23. The molecule has 2 N–H and O–H groups in total. The Hall–Kier alpha value is -2.49. The molecule has 0 bridgehead atoms. The van der Waals surface area contributed by atoms with E-state index >= 15 is 0 Å². The van der Waals surface area contributed by atoms with Crippen LogP contribution in [0.5, 0.6) is 5.75 Å². The third-order valence-corrected chi connectivity index (χ3v) is 4.38. The fraction of sp³-hybridized carbons (Fsp3) is 0.409. The van der Waals surface area contributed by atoms with Crippen LogP contribution in [0.15, 0.2) is 42.5 Å². The zero-order chi connectivity index (χ0) is 19.1. The number of para-hydroxylation sites is 1. The molecule has 4 heteroatoms. The lowest BCUT2D eigenvalue weighted by Gasteiger charge is -2.20. The number of nitrogens with one attached hydrogen (secondary N) is 2. The summed E-state index contributed by atoms with van der Waals surface area (Å²) in [5, 5.41) is 6.42. The molecule has 1 amide bonds. The van der Waals surface area contributed by atoms with Crippen molar-refractivity contribution in [2.75, 3.05) is 24.3 Å². The Morgan fingerprint density at radius 2 is 1.62 bits per heavy atom. The van der Waals surface area contributed by atoms with Crippen molar-refractivity contribution in [3.8, 4) is 5.75 Å². The number of methoxy groups -OCH3 is 1. The van der Waals surface area contributed by atoms with Crippen LogP contribution in [0.3, 0.4) is 0 Å². The number of hydrogen-bond acceptors (Lipinski definition) is 3. The zero-order valence-electron chi connectivity index (χ0n) is 16.4. The second-order valence-corrected chi connectivity index (χ2v) is 7.08. The molecule has 0 heterocycles. The van der Waals surface area contributed by atoms with Crippen LogP contribution in [0.25, 0.3) is 0 Å². The lowest BCUT2D eigenvalue weighted by Crippen LogP contribution is -2.17. The summed E-state index contributed by atoms with van der Waals surface area (Å²) in [7, 11) is 1.61. The van der Waals surface area contributed by atoms with Crippen molar-refractivity contribution in [2.45, 2.75) is 46.0 Å². The molecule has 0 aromatic heterocycles. The first-order valence-corrected chi connectivity index (χ1v) is 9.23. The van der Waals surface area contributed by atoms with Gasteiger partial charge in [-0.25, -0.2) is 0 Å². The zero-order valence-corrected chi connectivity index (χ0v) is 16.4. The lowest BCUT2D eigenvalue weighted by atomic mass is 9.92. The van der Waals surface area contributed by atoms with E-state index < -0.39 is 0 Å². The van der Waals surface area contributed by atoms with Crippen LogP contribution in [0, 0.1) is 0 Å². The Bertz CT molecular complexity index is 712. The van der Waals surface area contributed by atoms with E-state index in [1.54, 1.807) is 7.11 Å². The molecule has 2 rings (SSSR count). The van der Waals surface area contributed by atoms with Gasteiger partial charge in [0, 0.05) is 30.4 Å². The molecule has 2 aromatic carbocycles. The lowest BCUT2D eigenvalue weighted by molar-refractivity contribution is -0.115. The van der Waals surface area contributed by atoms with Crippen LogP contribution in [-0.2, 0) is 4.79 Å². The van der Waals surface area contributed by atoms with Gasteiger partial charge in [-0.2, -0.15) is 0 Å². The van der Waals surface area contributed by atoms with Gasteiger partial charge in [-0.05, 0) is 35.1 Å². The van der Waals surface area contributed by atoms with Crippen molar-refractivity contribution >= 4 is 17.3 Å². The summed E-state index contributed by atoms with van der Waals surface area (Å²) in [6.07, 6.45) is 0.404. The molecular weight excluding hydrogens is 324 g/mol. The highest BCUT2D eigenvalue weighted by Crippen LogP contribution is 2.32. The molecule has 0 aliphatic heterocycles. The van der Waals surface area contributed by atoms with Gasteiger partial charge in [-0.1, -0.05) is 52.0 Å². The topological polar surface area (TPSA) is 50.4 Å². The molecule has 26 heavy (non-hydrogen) atoms. The summed E-state index contributed by atoms with van der Waals surface area (Å²) in [5.74, 6) is 1.58. The highest BCUT2D eigenvalue weighted by Gasteiger charge is 2.13. The second-order valence-electron chi connectivity index (χ2n) is 7.08. The van der Waals surface area contributed by atoms with Gasteiger partial charge in [-0.3, -0.25) is 4.79 Å². The van der Waals surface area contributed by atoms with Crippen LogP contribution in [-0.4, -0.2) is 19.6 Å². The molecule has 0 aliphatic carbocycles. The first kappa shape index (κ1) is 19.8. The molecule has 0 saturated carbocycles. The Kier molecular flexibility index (Phi) is 7.07. The number of ether oxygens (including phenoxy) is 1. The fourth-order valence-electron chi connectivity index (χ4n) is 2.98. The SMILES string of the molecule is COc1cccc(NC(=O)CCNc2c(C(C)C)cccc2C(C)C)c1. The van der Waals surface area contributed by atoms with E-state index in [0.717, 1.165) is 11.4 Å². The quantitative estimate of drug-likeness (QED) is 0.669. The monoisotopic (exact) mass is 354 g/mol. The minimum Gasteiger partial charge on any atom is -0.497 e. The number of rotatable bonds is 8. The molecule has 0 spiro atoms. The molecule has 0 saturated heterocycles. The van der Waals surface area contributed by atoms with Gasteiger partial charge in [0.2, 0.25) is 5.91 Å². The standard InChI is InChI=1S/C22H30N2O2/c1-15(2)19-10-7-11-20(16(3)4)22(19)23-13-12-21(25)24-17-8-6-9-18(14-17)26-5/h6-11,14-16,23H,12-13H2,1-5H3,(H,24,25). The molecule has 0 radical (unpaired) electrons. The van der Waals surface area contributed by atoms with Crippen molar-refractivity contribution in [1.29, 1.82) is 0 Å². The molecule has 140 valence electrons. The van der Waals surface area contributed by atoms with E-state index in [0.29, 0.717) is 24.8 Å². The number of benzene rings is 2. The van der Waals surface area contributed by atoms with E-state index in [1.807, 2.05) is 24.3 Å². The van der Waals surface area contributed by atoms with Crippen LogP contribution in [0.4, 0.5) is 11.4 Å². The third kappa shape index (κ3) is 5.25. The van der Waals surface area contributed by atoms with E-state index in [9.17, 15) is 4.79 Å². The molecule has 0 aliphatic rings. The summed E-state index contributed by atoms with van der Waals surface area (Å²) >= 11 is 0. The predicted molar refractivity (Wildman–Crippen MR) is 109 cm³/mol. The summed E-state index contributed by atoms with van der Waals surface area (Å²) in [5.41, 5.74) is 4.51. The van der Waals surface area contributed by atoms with Crippen molar-refractivity contribution in [3.63, 3.8) is 0 Å². The summed E-state index contributed by atoms with van der Waals surface area (Å²) < 4.78 is 5.18. The average molecular weight is 354 g/mol. The van der Waals surface area contributed by atoms with E-state index in [2.05, 4.69) is 56.5 Å². The summed E-state index contributed by atoms with van der Waals surface area (Å²) in [6, 6.07) is 13.8. The van der Waals surface area contributed by atoms with Gasteiger partial charge in [-0.15, -0.1) is 0 Å². The van der Waals surface area contributed by atoms with Crippen molar-refractivity contribution in [2.24, 2.45) is 0 Å². The van der Waals surface area contributed by atoms with Crippen LogP contribution >= 0.6 is 0 Å². The van der Waals surface area contributed by atoms with Gasteiger partial charge in [0.15, 0.2) is 0 Å². The number of hydrogen-bond donors (Lipinski definition) is 2. The van der Waals surface area contributed by atoms with E-state index in [4.69, 9.17) is 4.74 Å². The Labute approximate surface area is 157 Å². The first-order chi connectivity index (χ1) is 12.4. The Morgan fingerprint density at radius 1 is 1.00 bits per heavy atom. The fourth-order valence-corrected chi connectivity index (χ4v) is 2.98. The van der Waals surface area contributed by atoms with E-state index in [-0.39, 0.29) is 5.91 Å². The Morgan fingerprint density at radius 3 is 2.19 bits per heavy atom. The van der Waals surface area contributed by atoms with Gasteiger partial charge in [0.25, 0.3) is 0 Å². The second kappa shape index (κ2) is 9.27. The van der Waals surface area contributed by atoms with Gasteiger partial charge < -0.3 is 15.4 Å². The highest BCUT2D eigenvalue weighted by atomic mass is 16.5.